The first-order valence-corrected chi connectivity index (χ1v) is 13.1. The maximum absolute atomic E-state index is 9.60. The quantitative estimate of drug-likeness (QED) is 0.236. The fraction of sp³-hybridized carbons (Fsp3) is 0.333. The van der Waals surface area contributed by atoms with Crippen LogP contribution in [-0.2, 0) is 28.0 Å². The van der Waals surface area contributed by atoms with Crippen LogP contribution in [0.5, 0.6) is 5.75 Å². The van der Waals surface area contributed by atoms with E-state index in [0.717, 1.165) is 33.9 Å². The Labute approximate surface area is 232 Å². The molecule has 0 aliphatic heterocycles. The molecule has 0 fully saturated rings. The van der Waals surface area contributed by atoms with E-state index in [1.54, 1.807) is 6.20 Å². The Bertz CT molecular complexity index is 1320. The van der Waals surface area contributed by atoms with Crippen LogP contribution in [0.3, 0.4) is 0 Å². The number of benzene rings is 2. The van der Waals surface area contributed by atoms with Crippen molar-refractivity contribution in [1.29, 1.82) is 0 Å². The summed E-state index contributed by atoms with van der Waals surface area (Å²) in [6.07, 6.45) is 4.31. The van der Waals surface area contributed by atoms with Crippen molar-refractivity contribution in [3.05, 3.63) is 107 Å². The van der Waals surface area contributed by atoms with Crippen molar-refractivity contribution in [2.75, 3.05) is 0 Å². The first-order chi connectivity index (χ1) is 18.4. The smallest absolute Gasteiger partial charge is 0.293 e. The lowest BCUT2D eigenvalue weighted by atomic mass is 9.86. The molecule has 2 aromatic carbocycles. The molecule has 0 aliphatic carbocycles. The van der Waals surface area contributed by atoms with Gasteiger partial charge in [0.2, 0.25) is 0 Å². The summed E-state index contributed by atoms with van der Waals surface area (Å²) in [5.74, 6) is 1.48. The molecule has 2 aromatic heterocycles. The van der Waals surface area contributed by atoms with Crippen LogP contribution >= 0.6 is 0 Å². The van der Waals surface area contributed by atoms with E-state index < -0.39 is 0 Å². The van der Waals surface area contributed by atoms with Crippen LogP contribution in [0.1, 0.15) is 69.8 Å². The third kappa shape index (κ3) is 9.64. The van der Waals surface area contributed by atoms with Crippen molar-refractivity contribution >= 4 is 6.47 Å². The number of rotatable bonds is 7. The summed E-state index contributed by atoms with van der Waals surface area (Å²) in [6.45, 7) is 15.0. The number of hydrogen-bond donors (Lipinski definition) is 0. The standard InChI is InChI=1S/C28H29N3O.C5H10O2/c1-20-26(32-19-21-8-6-5-7-9-21)18-30-27(31-20)16-22-10-15-25(29-17-22)23-11-13-24(14-12-23)28(2,3)4;1-5(2,3)7-4-6/h5-15,17-18H,16,19H2,1-4H3;4H,1-3H3. The van der Waals surface area contributed by atoms with Crippen molar-refractivity contribution in [2.24, 2.45) is 0 Å². The van der Waals surface area contributed by atoms with Gasteiger partial charge in [0.25, 0.3) is 6.47 Å². The Morgan fingerprint density at radius 3 is 2.00 bits per heavy atom. The average Bonchev–Trinajstić information content (AvgIpc) is 2.89. The predicted octanol–water partition coefficient (Wildman–Crippen LogP) is 7.27. The number of nitrogens with zero attached hydrogens (tertiary/aromatic N) is 3. The van der Waals surface area contributed by atoms with E-state index in [2.05, 4.69) is 76.9 Å². The maximum atomic E-state index is 9.60. The van der Waals surface area contributed by atoms with Crippen LogP contribution < -0.4 is 4.74 Å². The molecule has 0 saturated heterocycles. The topological polar surface area (TPSA) is 74.2 Å². The van der Waals surface area contributed by atoms with Gasteiger partial charge in [0.15, 0.2) is 5.75 Å². The maximum Gasteiger partial charge on any atom is 0.293 e. The second-order valence-electron chi connectivity index (χ2n) is 11.4. The summed E-state index contributed by atoms with van der Waals surface area (Å²) in [6, 6.07) is 22.9. The van der Waals surface area contributed by atoms with Gasteiger partial charge in [-0.3, -0.25) is 9.78 Å². The molecule has 0 bridgehead atoms. The van der Waals surface area contributed by atoms with E-state index in [9.17, 15) is 4.79 Å². The summed E-state index contributed by atoms with van der Waals surface area (Å²) >= 11 is 0. The van der Waals surface area contributed by atoms with Gasteiger partial charge in [0.05, 0.1) is 17.6 Å². The second kappa shape index (κ2) is 13.1. The van der Waals surface area contributed by atoms with E-state index in [1.165, 1.54) is 5.56 Å². The van der Waals surface area contributed by atoms with Crippen LogP contribution in [0.25, 0.3) is 11.3 Å². The molecule has 204 valence electrons. The molecule has 39 heavy (non-hydrogen) atoms. The molecule has 0 aliphatic rings. The van der Waals surface area contributed by atoms with Gasteiger partial charge in [-0.2, -0.15) is 0 Å². The number of ether oxygens (including phenoxy) is 2. The lowest BCUT2D eigenvalue weighted by Gasteiger charge is -2.19. The molecular formula is C33H39N3O3. The lowest BCUT2D eigenvalue weighted by molar-refractivity contribution is -0.138. The highest BCUT2D eigenvalue weighted by molar-refractivity contribution is 5.59. The van der Waals surface area contributed by atoms with Crippen molar-refractivity contribution in [2.45, 2.75) is 72.5 Å². The van der Waals surface area contributed by atoms with Gasteiger partial charge >= 0.3 is 0 Å². The molecule has 6 nitrogen and oxygen atoms in total. The Hall–Kier alpha value is -4.06. The first kappa shape index (κ1) is 29.5. The molecular weight excluding hydrogens is 486 g/mol. The molecule has 4 aromatic rings. The van der Waals surface area contributed by atoms with E-state index in [-0.39, 0.29) is 11.0 Å². The fourth-order valence-corrected chi connectivity index (χ4v) is 3.63. The Morgan fingerprint density at radius 2 is 1.49 bits per heavy atom. The molecule has 0 N–H and O–H groups in total. The highest BCUT2D eigenvalue weighted by atomic mass is 16.5. The lowest BCUT2D eigenvalue weighted by Crippen LogP contribution is -2.17. The molecule has 4 rings (SSSR count). The number of hydrogen-bond acceptors (Lipinski definition) is 6. The first-order valence-electron chi connectivity index (χ1n) is 13.1. The van der Waals surface area contributed by atoms with Crippen molar-refractivity contribution < 1.29 is 14.3 Å². The third-order valence-electron chi connectivity index (χ3n) is 5.86. The summed E-state index contributed by atoms with van der Waals surface area (Å²) in [4.78, 5) is 23.4. The van der Waals surface area contributed by atoms with E-state index in [4.69, 9.17) is 4.74 Å². The van der Waals surface area contributed by atoms with Crippen LogP contribution in [0.2, 0.25) is 0 Å². The number of carbonyl (C=O) groups is 1. The van der Waals surface area contributed by atoms with Gasteiger partial charge in [-0.25, -0.2) is 9.97 Å². The van der Waals surface area contributed by atoms with Crippen LogP contribution in [0, 0.1) is 6.92 Å². The van der Waals surface area contributed by atoms with Crippen molar-refractivity contribution in [1.82, 2.24) is 15.0 Å². The zero-order chi connectivity index (χ0) is 28.5. The Balaban J connectivity index is 0.000000532. The summed E-state index contributed by atoms with van der Waals surface area (Å²) in [5, 5.41) is 0. The second-order valence-corrected chi connectivity index (χ2v) is 11.4. The van der Waals surface area contributed by atoms with Gasteiger partial charge in [-0.1, -0.05) is 81.4 Å². The van der Waals surface area contributed by atoms with Gasteiger partial charge < -0.3 is 9.47 Å². The summed E-state index contributed by atoms with van der Waals surface area (Å²) in [7, 11) is 0. The van der Waals surface area contributed by atoms with E-state index in [1.807, 2.05) is 64.2 Å². The number of carbonyl (C=O) groups excluding carboxylic acids is 1. The van der Waals surface area contributed by atoms with Crippen molar-refractivity contribution in [3.8, 4) is 17.0 Å². The number of aromatic nitrogens is 3. The minimum Gasteiger partial charge on any atom is -0.485 e. The van der Waals surface area contributed by atoms with Gasteiger partial charge in [0.1, 0.15) is 18.0 Å². The SMILES string of the molecule is CC(C)(C)OC=O.Cc1nc(Cc2ccc(-c3ccc(C(C)(C)C)cc3)nc2)ncc1OCc1ccccc1. The van der Waals surface area contributed by atoms with E-state index in [0.29, 0.717) is 25.2 Å². The predicted molar refractivity (Wildman–Crippen MR) is 156 cm³/mol. The zero-order valence-electron chi connectivity index (χ0n) is 24.1. The number of pyridine rings is 1. The monoisotopic (exact) mass is 525 g/mol. The minimum absolute atomic E-state index is 0.149. The molecule has 0 unspecified atom stereocenters. The molecule has 0 atom stereocenters. The number of aryl methyl sites for hydroxylation is 1. The normalized spacial score (nSPS) is 11.3. The van der Waals surface area contributed by atoms with Gasteiger partial charge in [0, 0.05) is 18.2 Å². The average molecular weight is 526 g/mol. The minimum atomic E-state index is -0.318. The van der Waals surface area contributed by atoms with E-state index >= 15 is 0 Å². The molecule has 0 amide bonds. The van der Waals surface area contributed by atoms with Crippen LogP contribution in [0.15, 0.2) is 79.1 Å². The molecule has 0 radical (unpaired) electrons. The van der Waals surface area contributed by atoms with Crippen LogP contribution in [0.4, 0.5) is 0 Å². The Kier molecular flexibility index (Phi) is 9.94. The molecule has 0 spiro atoms. The molecule has 2 heterocycles. The Morgan fingerprint density at radius 1 is 0.795 bits per heavy atom. The molecule has 0 saturated carbocycles. The van der Waals surface area contributed by atoms with Gasteiger partial charge in [-0.05, 0) is 55.9 Å². The zero-order valence-corrected chi connectivity index (χ0v) is 24.1. The highest BCUT2D eigenvalue weighted by Gasteiger charge is 2.13. The fourth-order valence-electron chi connectivity index (χ4n) is 3.63. The highest BCUT2D eigenvalue weighted by Crippen LogP contribution is 2.25. The third-order valence-corrected chi connectivity index (χ3v) is 5.86. The summed E-state index contributed by atoms with van der Waals surface area (Å²) < 4.78 is 10.4. The van der Waals surface area contributed by atoms with Crippen LogP contribution in [-0.4, -0.2) is 27.0 Å². The van der Waals surface area contributed by atoms with Gasteiger partial charge in [-0.15, -0.1) is 0 Å². The molecule has 6 heteroatoms. The van der Waals surface area contributed by atoms with Crippen molar-refractivity contribution in [3.63, 3.8) is 0 Å². The summed E-state index contributed by atoms with van der Waals surface area (Å²) in [5.41, 5.74) is 6.29. The largest absolute Gasteiger partial charge is 0.485 e.